The summed E-state index contributed by atoms with van der Waals surface area (Å²) in [6, 6.07) is 9.83. The molecule has 1 aliphatic rings. The van der Waals surface area contributed by atoms with Gasteiger partial charge >= 0.3 is 0 Å². The molecule has 2 heterocycles. The number of ether oxygens (including phenoxy) is 1. The Balaban J connectivity index is 1.43. The lowest BCUT2D eigenvalue weighted by Crippen LogP contribution is -2.24. The maximum absolute atomic E-state index is 11.8. The summed E-state index contributed by atoms with van der Waals surface area (Å²) in [6.07, 6.45) is 2.04. The van der Waals surface area contributed by atoms with Crippen LogP contribution in [0, 0.1) is 0 Å². The third-order valence-corrected chi connectivity index (χ3v) is 4.23. The lowest BCUT2D eigenvalue weighted by molar-refractivity contribution is -0.118. The number of carbonyl (C=O) groups is 1. The van der Waals surface area contributed by atoms with Gasteiger partial charge in [0.05, 0.1) is 5.75 Å². The van der Waals surface area contributed by atoms with Crippen LogP contribution in [0.5, 0.6) is 0 Å². The molecule has 116 valence electrons. The number of rotatable bonds is 6. The predicted molar refractivity (Wildman–Crippen MR) is 83.3 cm³/mol. The van der Waals surface area contributed by atoms with E-state index in [4.69, 9.17) is 4.74 Å². The average molecular weight is 318 g/mol. The van der Waals surface area contributed by atoms with Crippen molar-refractivity contribution in [2.24, 2.45) is 0 Å². The van der Waals surface area contributed by atoms with Crippen LogP contribution in [0.2, 0.25) is 0 Å². The Kier molecular flexibility index (Phi) is 5.07. The number of aromatic nitrogens is 3. The van der Waals surface area contributed by atoms with E-state index < -0.39 is 0 Å². The molecular formula is C15H18N4O2S. The second-order valence-corrected chi connectivity index (χ2v) is 6.00. The van der Waals surface area contributed by atoms with E-state index >= 15 is 0 Å². The van der Waals surface area contributed by atoms with Crippen molar-refractivity contribution in [3.8, 4) is 0 Å². The molecule has 1 fully saturated rings. The summed E-state index contributed by atoms with van der Waals surface area (Å²) in [6.45, 7) is 1.31. The maximum atomic E-state index is 11.8. The molecule has 0 aliphatic carbocycles. The molecule has 1 amide bonds. The van der Waals surface area contributed by atoms with Gasteiger partial charge in [0, 0.05) is 13.2 Å². The average Bonchev–Trinajstić information content (AvgIpc) is 3.22. The third-order valence-electron chi connectivity index (χ3n) is 3.38. The number of benzene rings is 1. The van der Waals surface area contributed by atoms with Gasteiger partial charge in [-0.2, -0.15) is 0 Å². The molecule has 1 unspecified atom stereocenters. The molecule has 1 aliphatic heterocycles. The number of hydrogen-bond donors (Lipinski definition) is 2. The van der Waals surface area contributed by atoms with E-state index in [1.165, 1.54) is 11.8 Å². The molecule has 1 atom stereocenters. The van der Waals surface area contributed by atoms with Gasteiger partial charge < -0.3 is 10.1 Å². The molecule has 3 rings (SSSR count). The van der Waals surface area contributed by atoms with Gasteiger partial charge in [-0.05, 0) is 18.4 Å². The largest absolute Gasteiger partial charge is 0.370 e. The minimum absolute atomic E-state index is 0.0220. The fraction of sp³-hybridized carbons (Fsp3) is 0.400. The highest BCUT2D eigenvalue weighted by Gasteiger charge is 2.21. The van der Waals surface area contributed by atoms with E-state index in [1.807, 2.05) is 30.3 Å². The van der Waals surface area contributed by atoms with Gasteiger partial charge in [0.2, 0.25) is 11.1 Å². The zero-order chi connectivity index (χ0) is 15.2. The number of hydrogen-bond acceptors (Lipinski definition) is 5. The molecular weight excluding hydrogens is 300 g/mol. The summed E-state index contributed by atoms with van der Waals surface area (Å²) in [5, 5.41) is 10.5. The van der Waals surface area contributed by atoms with Crippen LogP contribution in [-0.4, -0.2) is 33.4 Å². The highest BCUT2D eigenvalue weighted by Crippen LogP contribution is 2.26. The molecule has 2 N–H and O–H groups in total. The SMILES string of the molecule is O=C(CSc1n[nH]c(C2CCCO2)n1)NCc1ccccc1. The number of H-pyrrole nitrogens is 1. The summed E-state index contributed by atoms with van der Waals surface area (Å²) < 4.78 is 5.54. The van der Waals surface area contributed by atoms with E-state index in [-0.39, 0.29) is 12.0 Å². The van der Waals surface area contributed by atoms with E-state index in [1.54, 1.807) is 0 Å². The fourth-order valence-electron chi connectivity index (χ4n) is 2.24. The highest BCUT2D eigenvalue weighted by atomic mass is 32.2. The lowest BCUT2D eigenvalue weighted by Gasteiger charge is -2.04. The molecule has 2 aromatic rings. The Morgan fingerprint density at radius 2 is 2.27 bits per heavy atom. The van der Waals surface area contributed by atoms with Crippen molar-refractivity contribution in [3.05, 3.63) is 41.7 Å². The second kappa shape index (κ2) is 7.42. The number of amides is 1. The fourth-order valence-corrected chi connectivity index (χ4v) is 2.87. The Bertz CT molecular complexity index is 611. The van der Waals surface area contributed by atoms with E-state index in [2.05, 4.69) is 20.5 Å². The number of aromatic amines is 1. The van der Waals surface area contributed by atoms with Gasteiger partial charge in [-0.15, -0.1) is 5.10 Å². The van der Waals surface area contributed by atoms with Crippen LogP contribution in [-0.2, 0) is 16.1 Å². The zero-order valence-electron chi connectivity index (χ0n) is 12.1. The van der Waals surface area contributed by atoms with Gasteiger partial charge in [0.25, 0.3) is 0 Å². The van der Waals surface area contributed by atoms with Gasteiger partial charge in [-0.1, -0.05) is 42.1 Å². The molecule has 1 aromatic carbocycles. The summed E-state index contributed by atoms with van der Waals surface area (Å²) >= 11 is 1.32. The van der Waals surface area contributed by atoms with E-state index in [9.17, 15) is 4.79 Å². The van der Waals surface area contributed by atoms with Crippen LogP contribution in [0.4, 0.5) is 0 Å². The Hall–Kier alpha value is -1.86. The van der Waals surface area contributed by atoms with Crippen LogP contribution < -0.4 is 5.32 Å². The highest BCUT2D eigenvalue weighted by molar-refractivity contribution is 7.99. The molecule has 0 spiro atoms. The number of nitrogens with one attached hydrogen (secondary N) is 2. The standard InChI is InChI=1S/C15H18N4O2S/c20-13(16-9-11-5-2-1-3-6-11)10-22-15-17-14(18-19-15)12-7-4-8-21-12/h1-3,5-6,12H,4,7-10H2,(H,16,20)(H,17,18,19). The van der Waals surface area contributed by atoms with Crippen molar-refractivity contribution in [2.75, 3.05) is 12.4 Å². The Labute approximate surface area is 133 Å². The molecule has 7 heteroatoms. The molecule has 0 bridgehead atoms. The molecule has 1 aromatic heterocycles. The monoisotopic (exact) mass is 318 g/mol. The second-order valence-electron chi connectivity index (χ2n) is 5.06. The first-order valence-electron chi connectivity index (χ1n) is 7.28. The first kappa shape index (κ1) is 15.1. The summed E-state index contributed by atoms with van der Waals surface area (Å²) in [5.41, 5.74) is 1.08. The number of thioether (sulfide) groups is 1. The summed E-state index contributed by atoms with van der Waals surface area (Å²) in [5.74, 6) is 1.03. The van der Waals surface area contributed by atoms with E-state index in [0.717, 1.165) is 30.8 Å². The van der Waals surface area contributed by atoms with E-state index in [0.29, 0.717) is 17.5 Å². The normalized spacial score (nSPS) is 17.5. The van der Waals surface area contributed by atoms with Gasteiger partial charge in [0.15, 0.2) is 5.82 Å². The first-order chi connectivity index (χ1) is 10.8. The summed E-state index contributed by atoms with van der Waals surface area (Å²) in [7, 11) is 0. The Morgan fingerprint density at radius 1 is 1.41 bits per heavy atom. The van der Waals surface area contributed by atoms with Crippen LogP contribution in [0.1, 0.15) is 30.3 Å². The Morgan fingerprint density at radius 3 is 3.05 bits per heavy atom. The first-order valence-corrected chi connectivity index (χ1v) is 8.27. The smallest absolute Gasteiger partial charge is 0.230 e. The quantitative estimate of drug-likeness (QED) is 0.797. The maximum Gasteiger partial charge on any atom is 0.230 e. The molecule has 0 radical (unpaired) electrons. The topological polar surface area (TPSA) is 79.9 Å². The molecule has 0 saturated carbocycles. The molecule has 1 saturated heterocycles. The lowest BCUT2D eigenvalue weighted by atomic mass is 10.2. The van der Waals surface area contributed by atoms with Crippen LogP contribution in [0.3, 0.4) is 0 Å². The number of carbonyl (C=O) groups excluding carboxylic acids is 1. The minimum Gasteiger partial charge on any atom is -0.370 e. The van der Waals surface area contributed by atoms with Crippen LogP contribution >= 0.6 is 11.8 Å². The van der Waals surface area contributed by atoms with Crippen LogP contribution in [0.15, 0.2) is 35.5 Å². The van der Waals surface area contributed by atoms with Crippen molar-refractivity contribution < 1.29 is 9.53 Å². The molecule has 6 nitrogen and oxygen atoms in total. The van der Waals surface area contributed by atoms with Crippen molar-refractivity contribution in [3.63, 3.8) is 0 Å². The van der Waals surface area contributed by atoms with Gasteiger partial charge in [-0.3, -0.25) is 9.89 Å². The van der Waals surface area contributed by atoms with Crippen molar-refractivity contribution in [2.45, 2.75) is 30.6 Å². The van der Waals surface area contributed by atoms with Gasteiger partial charge in [0.1, 0.15) is 6.10 Å². The van der Waals surface area contributed by atoms with Gasteiger partial charge in [-0.25, -0.2) is 4.98 Å². The third kappa shape index (κ3) is 4.08. The zero-order valence-corrected chi connectivity index (χ0v) is 12.9. The number of nitrogens with zero attached hydrogens (tertiary/aromatic N) is 2. The molecule has 22 heavy (non-hydrogen) atoms. The predicted octanol–water partition coefficient (Wildman–Crippen LogP) is 2.06. The van der Waals surface area contributed by atoms with Crippen molar-refractivity contribution in [1.29, 1.82) is 0 Å². The van der Waals surface area contributed by atoms with Crippen molar-refractivity contribution >= 4 is 17.7 Å². The van der Waals surface area contributed by atoms with Crippen LogP contribution in [0.25, 0.3) is 0 Å². The minimum atomic E-state index is -0.0303. The van der Waals surface area contributed by atoms with Crippen molar-refractivity contribution in [1.82, 2.24) is 20.5 Å². The summed E-state index contributed by atoms with van der Waals surface area (Å²) in [4.78, 5) is 16.2.